The van der Waals surface area contributed by atoms with Crippen molar-refractivity contribution in [2.24, 2.45) is 5.92 Å². The fraction of sp³-hybridized carbons (Fsp3) is 0.846. The van der Waals surface area contributed by atoms with Crippen molar-refractivity contribution in [3.05, 3.63) is 10.0 Å². The van der Waals surface area contributed by atoms with Crippen molar-refractivity contribution in [1.29, 1.82) is 0 Å². The molecule has 0 aliphatic heterocycles. The zero-order valence-corrected chi connectivity index (χ0v) is 11.7. The lowest BCUT2D eigenvalue weighted by atomic mass is 9.99. The van der Waals surface area contributed by atoms with E-state index in [1.807, 2.05) is 11.3 Å². The highest BCUT2D eigenvalue weighted by Gasteiger charge is 2.27. The molecule has 96 valence electrons. The number of nitrogens with zero attached hydrogens (tertiary/aromatic N) is 2. The Morgan fingerprint density at radius 2 is 2.24 bits per heavy atom. The quantitative estimate of drug-likeness (QED) is 0.792. The van der Waals surface area contributed by atoms with Gasteiger partial charge in [0.1, 0.15) is 10.0 Å². The lowest BCUT2D eigenvalue weighted by Gasteiger charge is -2.10. The topological polar surface area (TPSA) is 37.8 Å². The molecule has 1 aromatic heterocycles. The lowest BCUT2D eigenvalue weighted by Crippen LogP contribution is -2.14. The molecule has 17 heavy (non-hydrogen) atoms. The summed E-state index contributed by atoms with van der Waals surface area (Å²) in [5.41, 5.74) is 0. The molecule has 0 aromatic carbocycles. The van der Waals surface area contributed by atoms with Gasteiger partial charge in [0.15, 0.2) is 0 Å². The van der Waals surface area contributed by atoms with E-state index in [9.17, 15) is 0 Å². The molecule has 1 aliphatic rings. The van der Waals surface area contributed by atoms with Crippen LogP contribution in [-0.4, -0.2) is 23.3 Å². The molecule has 2 atom stereocenters. The van der Waals surface area contributed by atoms with E-state index in [-0.39, 0.29) is 0 Å². The average Bonchev–Trinajstić information content (AvgIpc) is 2.93. The summed E-state index contributed by atoms with van der Waals surface area (Å²) in [6.07, 6.45) is 6.28. The largest absolute Gasteiger partial charge is 0.317 e. The molecule has 0 amide bonds. The smallest absolute Gasteiger partial charge is 0.120 e. The van der Waals surface area contributed by atoms with Crippen LogP contribution >= 0.6 is 11.3 Å². The van der Waals surface area contributed by atoms with Crippen LogP contribution in [0.5, 0.6) is 0 Å². The fourth-order valence-corrected chi connectivity index (χ4v) is 3.72. The van der Waals surface area contributed by atoms with Gasteiger partial charge in [-0.15, -0.1) is 21.5 Å². The van der Waals surface area contributed by atoms with E-state index in [0.29, 0.717) is 5.92 Å². The molecule has 1 fully saturated rings. The second kappa shape index (κ2) is 6.45. The molecule has 0 radical (unpaired) electrons. The van der Waals surface area contributed by atoms with Crippen LogP contribution < -0.4 is 5.32 Å². The minimum Gasteiger partial charge on any atom is -0.317 e. The number of nitrogens with one attached hydrogen (secondary N) is 1. The summed E-state index contributed by atoms with van der Waals surface area (Å²) in [4.78, 5) is 0. The molecule has 0 saturated heterocycles. The van der Waals surface area contributed by atoms with Gasteiger partial charge in [0, 0.05) is 12.3 Å². The molecule has 2 rings (SSSR count). The third-order valence-electron chi connectivity index (χ3n) is 3.66. The standard InChI is InChI=1S/C13H23N3S/c1-3-14-9-5-8-12-15-16-13(17-12)11-7-4-6-10(11)2/h10-11,14H,3-9H2,1-2H3. The molecule has 3 nitrogen and oxygen atoms in total. The molecular formula is C13H23N3S. The van der Waals surface area contributed by atoms with Crippen LogP contribution in [0.1, 0.15) is 55.5 Å². The van der Waals surface area contributed by atoms with E-state index in [4.69, 9.17) is 0 Å². The maximum absolute atomic E-state index is 4.40. The van der Waals surface area contributed by atoms with Gasteiger partial charge in [-0.05, 0) is 31.8 Å². The van der Waals surface area contributed by atoms with E-state index >= 15 is 0 Å². The molecule has 4 heteroatoms. The lowest BCUT2D eigenvalue weighted by molar-refractivity contribution is 0.527. The Kier molecular flexibility index (Phi) is 4.92. The summed E-state index contributed by atoms with van der Waals surface area (Å²) in [6, 6.07) is 0. The van der Waals surface area contributed by atoms with Gasteiger partial charge < -0.3 is 5.32 Å². The first kappa shape index (κ1) is 13.0. The highest BCUT2D eigenvalue weighted by atomic mass is 32.1. The van der Waals surface area contributed by atoms with E-state index in [1.165, 1.54) is 35.7 Å². The highest BCUT2D eigenvalue weighted by molar-refractivity contribution is 7.11. The van der Waals surface area contributed by atoms with Gasteiger partial charge in [0.2, 0.25) is 0 Å². The van der Waals surface area contributed by atoms with E-state index in [1.54, 1.807) is 0 Å². The summed E-state index contributed by atoms with van der Waals surface area (Å²) in [6.45, 7) is 6.64. The molecule has 1 aliphatic carbocycles. The van der Waals surface area contributed by atoms with Gasteiger partial charge in [-0.2, -0.15) is 0 Å². The Morgan fingerprint density at radius 1 is 1.35 bits per heavy atom. The SMILES string of the molecule is CCNCCCc1nnc(C2CCCC2C)s1. The minimum atomic E-state index is 0.690. The van der Waals surface area contributed by atoms with E-state index < -0.39 is 0 Å². The Bertz CT molecular complexity index is 337. The van der Waals surface area contributed by atoms with Crippen molar-refractivity contribution in [3.8, 4) is 0 Å². The molecule has 1 saturated carbocycles. The first-order valence-corrected chi connectivity index (χ1v) is 7.66. The third kappa shape index (κ3) is 3.49. The molecule has 2 unspecified atom stereocenters. The maximum atomic E-state index is 4.40. The van der Waals surface area contributed by atoms with Gasteiger partial charge in [-0.25, -0.2) is 0 Å². The zero-order chi connectivity index (χ0) is 12.1. The van der Waals surface area contributed by atoms with Gasteiger partial charge in [0.25, 0.3) is 0 Å². The van der Waals surface area contributed by atoms with Crippen LogP contribution in [-0.2, 0) is 6.42 Å². The van der Waals surface area contributed by atoms with Crippen molar-refractivity contribution in [3.63, 3.8) is 0 Å². The van der Waals surface area contributed by atoms with E-state index in [2.05, 4.69) is 29.4 Å². The van der Waals surface area contributed by atoms with E-state index in [0.717, 1.165) is 25.4 Å². The Hall–Kier alpha value is -0.480. The van der Waals surface area contributed by atoms with Gasteiger partial charge >= 0.3 is 0 Å². The second-order valence-electron chi connectivity index (χ2n) is 5.01. The van der Waals surface area contributed by atoms with Crippen LogP contribution in [0.4, 0.5) is 0 Å². The predicted octanol–water partition coefficient (Wildman–Crippen LogP) is 2.98. The van der Waals surface area contributed by atoms with Crippen molar-refractivity contribution < 1.29 is 0 Å². The van der Waals surface area contributed by atoms with Gasteiger partial charge in [0.05, 0.1) is 0 Å². The predicted molar refractivity (Wildman–Crippen MR) is 72.5 cm³/mol. The molecule has 1 heterocycles. The zero-order valence-electron chi connectivity index (χ0n) is 10.9. The summed E-state index contributed by atoms with van der Waals surface area (Å²) in [5.74, 6) is 1.49. The van der Waals surface area contributed by atoms with Gasteiger partial charge in [-0.1, -0.05) is 26.7 Å². The third-order valence-corrected chi connectivity index (χ3v) is 4.77. The highest BCUT2D eigenvalue weighted by Crippen LogP contribution is 2.40. The number of aromatic nitrogens is 2. The van der Waals surface area contributed by atoms with Crippen LogP contribution in [0.3, 0.4) is 0 Å². The Morgan fingerprint density at radius 3 is 2.94 bits per heavy atom. The summed E-state index contributed by atoms with van der Waals surface area (Å²) < 4.78 is 0. The Balaban J connectivity index is 1.83. The summed E-state index contributed by atoms with van der Waals surface area (Å²) in [7, 11) is 0. The normalized spacial score (nSPS) is 24.4. The number of hydrogen-bond acceptors (Lipinski definition) is 4. The van der Waals surface area contributed by atoms with Crippen molar-refractivity contribution in [1.82, 2.24) is 15.5 Å². The fourth-order valence-electron chi connectivity index (χ4n) is 2.57. The molecule has 1 N–H and O–H groups in total. The minimum absolute atomic E-state index is 0.690. The number of rotatable bonds is 6. The van der Waals surface area contributed by atoms with Crippen LogP contribution in [0.25, 0.3) is 0 Å². The Labute approximate surface area is 108 Å². The van der Waals surface area contributed by atoms with Crippen molar-refractivity contribution >= 4 is 11.3 Å². The maximum Gasteiger partial charge on any atom is 0.120 e. The van der Waals surface area contributed by atoms with Crippen LogP contribution in [0, 0.1) is 5.92 Å². The average molecular weight is 253 g/mol. The van der Waals surface area contributed by atoms with Gasteiger partial charge in [-0.3, -0.25) is 0 Å². The van der Waals surface area contributed by atoms with Crippen LogP contribution in [0.15, 0.2) is 0 Å². The number of aryl methyl sites for hydroxylation is 1. The monoisotopic (exact) mass is 253 g/mol. The number of hydrogen-bond donors (Lipinski definition) is 1. The first-order chi connectivity index (χ1) is 8.31. The molecule has 0 spiro atoms. The molecule has 1 aromatic rings. The first-order valence-electron chi connectivity index (χ1n) is 6.84. The van der Waals surface area contributed by atoms with Crippen molar-refractivity contribution in [2.75, 3.05) is 13.1 Å². The summed E-state index contributed by atoms with van der Waals surface area (Å²) >= 11 is 1.84. The van der Waals surface area contributed by atoms with Crippen molar-refractivity contribution in [2.45, 2.75) is 51.9 Å². The van der Waals surface area contributed by atoms with Crippen LogP contribution in [0.2, 0.25) is 0 Å². The second-order valence-corrected chi connectivity index (χ2v) is 6.10. The summed E-state index contributed by atoms with van der Waals surface area (Å²) in [5, 5.41) is 14.6. The molecular weight excluding hydrogens is 230 g/mol. The molecule has 0 bridgehead atoms.